The van der Waals surface area contributed by atoms with Gasteiger partial charge in [-0.2, -0.15) is 0 Å². The molecule has 8 nitrogen and oxygen atoms in total. The van der Waals surface area contributed by atoms with Gasteiger partial charge >= 0.3 is 0 Å². The first-order valence-corrected chi connectivity index (χ1v) is 48.0. The smallest absolute Gasteiger partial charge is 0.145 e. The van der Waals surface area contributed by atoms with E-state index in [4.69, 9.17) is 17.7 Å². The fourth-order valence-corrected chi connectivity index (χ4v) is 23.1. The molecule has 2 aliphatic rings. The molecular formula is C130H94N4O4. The van der Waals surface area contributed by atoms with Crippen molar-refractivity contribution in [3.8, 4) is 22.3 Å². The fraction of sp³-hybridized carbons (Fsp3) is 0.0769. The van der Waals surface area contributed by atoms with Crippen molar-refractivity contribution in [2.24, 2.45) is 0 Å². The monoisotopic (exact) mass is 1770 g/mol. The maximum absolute atomic E-state index is 7.80. The number of benzene rings is 20. The molecule has 24 aromatic rings. The van der Waals surface area contributed by atoms with Crippen LogP contribution in [0.15, 0.2) is 473 Å². The van der Waals surface area contributed by atoms with E-state index in [1.807, 2.05) is 0 Å². The first kappa shape index (κ1) is 81.6. The maximum Gasteiger partial charge on any atom is 0.145 e. The van der Waals surface area contributed by atoms with Crippen LogP contribution in [0.25, 0.3) is 110 Å². The van der Waals surface area contributed by atoms with Crippen LogP contribution in [0.5, 0.6) is 0 Å². The molecule has 658 valence electrons. The van der Waals surface area contributed by atoms with Crippen LogP contribution in [0.3, 0.4) is 0 Å². The number of fused-ring (bicyclic) bond motifs is 22. The van der Waals surface area contributed by atoms with Gasteiger partial charge in [0.2, 0.25) is 0 Å². The number of para-hydroxylation sites is 7. The first-order chi connectivity index (χ1) is 68.0. The molecule has 0 amide bonds. The molecule has 0 saturated carbocycles. The standard InChI is InChI=1S/C130H94N4O4/c1-82(2)87-66-70-96(71-67-87)131(93-49-21-10-22-50-93)109-78-105-121(125-117(109)101-58-27-31-62-113(101)135-125)124-108(129(105,89-41-13-6-14-42-89)90-43-15-7-16-44-90)81-112(120-104-61-30-34-65-116(104)138-128(120)124)134(97-72-68-88(69-73-97)83(3)4)100-57-37-40-86(77-100)75-85-39-36-56-99(76-85)133(95-53-25-12-26-54-95)111-80-107-123(127-119(111)103-60-29-33-64-115(103)137-127)122-106(130(107,91-45-17-8-18-46-91)92-47-19-9-20-48-92)79-110(118-102-59-28-32-63-114(102)136-126(118)122)132(94-51-23-11-24-52-94)98-55-35-38-84(5)74-98/h6-74,76-83H,75H2,1-5H3. The Balaban J connectivity index is 0.686. The second-order valence-electron chi connectivity index (χ2n) is 37.6. The summed E-state index contributed by atoms with van der Waals surface area (Å²) in [4.78, 5) is 9.87. The summed E-state index contributed by atoms with van der Waals surface area (Å²) >= 11 is 0. The lowest BCUT2D eigenvalue weighted by Gasteiger charge is -2.36. The van der Waals surface area contributed by atoms with E-state index in [9.17, 15) is 0 Å². The molecule has 2 aliphatic carbocycles. The summed E-state index contributed by atoms with van der Waals surface area (Å²) < 4.78 is 30.9. The van der Waals surface area contributed by atoms with Gasteiger partial charge in [-0.3, -0.25) is 0 Å². The average molecular weight is 1780 g/mol. The van der Waals surface area contributed by atoms with Crippen LogP contribution in [0.4, 0.5) is 68.2 Å². The van der Waals surface area contributed by atoms with Crippen LogP contribution in [0.2, 0.25) is 0 Å². The van der Waals surface area contributed by atoms with Crippen molar-refractivity contribution >= 4 is 156 Å². The minimum atomic E-state index is -0.998. The molecule has 0 spiro atoms. The van der Waals surface area contributed by atoms with Gasteiger partial charge in [-0.25, -0.2) is 0 Å². The molecule has 4 aromatic heterocycles. The van der Waals surface area contributed by atoms with Gasteiger partial charge in [0.1, 0.15) is 44.7 Å². The third-order valence-electron chi connectivity index (χ3n) is 29.1. The van der Waals surface area contributed by atoms with E-state index in [2.05, 4.69) is 509 Å². The number of anilines is 12. The second-order valence-corrected chi connectivity index (χ2v) is 37.6. The van der Waals surface area contributed by atoms with E-state index in [0.29, 0.717) is 12.3 Å². The Kier molecular flexibility index (Phi) is 19.3. The molecule has 20 aromatic carbocycles. The van der Waals surface area contributed by atoms with Crippen molar-refractivity contribution in [1.29, 1.82) is 0 Å². The van der Waals surface area contributed by atoms with Crippen molar-refractivity contribution < 1.29 is 17.7 Å². The van der Waals surface area contributed by atoms with Gasteiger partial charge in [-0.1, -0.05) is 337 Å². The summed E-state index contributed by atoms with van der Waals surface area (Å²) in [6, 6.07) is 167. The van der Waals surface area contributed by atoms with Crippen molar-refractivity contribution in [3.63, 3.8) is 0 Å². The SMILES string of the molecule is Cc1cccc(N(c2ccccc2)c2cc3c(c4oc5ccccc5c24)-c2c(cc(N(c4ccccc4)c4cccc(Cc5cccc(N(c6ccc(C(C)C)cc6)c6cc7c(c8oc9ccccc9c68)-c6c(cc(N(c8ccccc8)c8ccc(C(C)C)cc8)c8c6oc6ccccc68)C7(c6ccccc6)c6ccccc6)c5)c4)c4c2oc2ccccc24)C3(c2ccccc2)c2ccccc2)c1. The average Bonchev–Trinajstić information content (AvgIpc) is 1.50. The summed E-state index contributed by atoms with van der Waals surface area (Å²) in [5.74, 6) is 0.629. The lowest BCUT2D eigenvalue weighted by atomic mass is 9.67. The van der Waals surface area contributed by atoms with E-state index in [-0.39, 0.29) is 5.92 Å². The Bertz CT molecular complexity index is 8790. The van der Waals surface area contributed by atoms with Gasteiger partial charge in [-0.05, 0) is 243 Å². The molecule has 0 N–H and O–H groups in total. The quantitative estimate of drug-likeness (QED) is 0.0748. The van der Waals surface area contributed by atoms with Gasteiger partial charge in [-0.15, -0.1) is 0 Å². The van der Waals surface area contributed by atoms with Gasteiger partial charge in [0.25, 0.3) is 0 Å². The summed E-state index contributed by atoms with van der Waals surface area (Å²) in [6.07, 6.45) is 0.587. The normalized spacial score (nSPS) is 12.9. The fourth-order valence-electron chi connectivity index (χ4n) is 23.1. The highest BCUT2D eigenvalue weighted by atomic mass is 16.3. The van der Waals surface area contributed by atoms with E-state index < -0.39 is 10.8 Å². The molecule has 26 rings (SSSR count). The number of hydrogen-bond acceptors (Lipinski definition) is 8. The lowest BCUT2D eigenvalue weighted by molar-refractivity contribution is 0.665. The Morgan fingerprint density at radius 2 is 0.449 bits per heavy atom. The number of hydrogen-bond donors (Lipinski definition) is 0. The molecule has 0 aliphatic heterocycles. The van der Waals surface area contributed by atoms with Gasteiger partial charge < -0.3 is 37.3 Å². The number of aryl methyl sites for hydroxylation is 1. The zero-order valence-electron chi connectivity index (χ0n) is 77.1. The summed E-state index contributed by atoms with van der Waals surface area (Å²) in [6.45, 7) is 11.2. The minimum Gasteiger partial charge on any atom is -0.455 e. The number of nitrogens with zero attached hydrogens (tertiary/aromatic N) is 4. The van der Waals surface area contributed by atoms with Crippen molar-refractivity contribution in [3.05, 3.63) is 527 Å². The molecular weight excluding hydrogens is 1680 g/mol. The molecule has 4 heterocycles. The zero-order chi connectivity index (χ0) is 92.0. The summed E-state index contributed by atoms with van der Waals surface area (Å²) in [5.41, 5.74) is 35.0. The lowest BCUT2D eigenvalue weighted by Crippen LogP contribution is -2.29. The van der Waals surface area contributed by atoms with E-state index in [1.165, 1.54) is 11.1 Å². The van der Waals surface area contributed by atoms with E-state index >= 15 is 0 Å². The Morgan fingerprint density at radius 1 is 0.217 bits per heavy atom. The van der Waals surface area contributed by atoms with Gasteiger partial charge in [0.05, 0.1) is 55.1 Å². The highest BCUT2D eigenvalue weighted by molar-refractivity contribution is 6.28. The van der Waals surface area contributed by atoms with Crippen molar-refractivity contribution in [2.75, 3.05) is 19.6 Å². The van der Waals surface area contributed by atoms with Crippen LogP contribution in [0, 0.1) is 6.92 Å². The van der Waals surface area contributed by atoms with Crippen molar-refractivity contribution in [1.82, 2.24) is 0 Å². The van der Waals surface area contributed by atoms with E-state index in [0.717, 1.165) is 239 Å². The van der Waals surface area contributed by atoms with Crippen LogP contribution in [-0.2, 0) is 17.3 Å². The molecule has 0 saturated heterocycles. The van der Waals surface area contributed by atoms with Crippen LogP contribution < -0.4 is 19.6 Å². The highest BCUT2D eigenvalue weighted by Gasteiger charge is 2.53. The van der Waals surface area contributed by atoms with Gasteiger partial charge in [0, 0.05) is 89.3 Å². The first-order valence-electron chi connectivity index (χ1n) is 48.0. The predicted octanol–water partition coefficient (Wildman–Crippen LogP) is 36.0. The minimum absolute atomic E-state index is 0.287. The summed E-state index contributed by atoms with van der Waals surface area (Å²) in [7, 11) is 0. The molecule has 0 bridgehead atoms. The third kappa shape index (κ3) is 12.7. The highest BCUT2D eigenvalue weighted by Crippen LogP contribution is 2.68. The Hall–Kier alpha value is -17.2. The molecule has 0 radical (unpaired) electrons. The third-order valence-corrected chi connectivity index (χ3v) is 29.1. The van der Waals surface area contributed by atoms with Crippen LogP contribution in [-0.4, -0.2) is 0 Å². The van der Waals surface area contributed by atoms with E-state index in [1.54, 1.807) is 0 Å². The number of furan rings is 4. The van der Waals surface area contributed by atoms with Crippen molar-refractivity contribution in [2.45, 2.75) is 63.7 Å². The maximum atomic E-state index is 7.80. The van der Waals surface area contributed by atoms with Crippen LogP contribution >= 0.6 is 0 Å². The summed E-state index contributed by atoms with van der Waals surface area (Å²) in [5, 5.41) is 8.04. The van der Waals surface area contributed by atoms with Gasteiger partial charge in [0.15, 0.2) is 0 Å². The Morgan fingerprint density at radius 3 is 0.725 bits per heavy atom. The number of rotatable bonds is 20. The Labute approximate surface area is 801 Å². The molecule has 0 unspecified atom stereocenters. The zero-order valence-corrected chi connectivity index (χ0v) is 77.1. The topological polar surface area (TPSA) is 65.5 Å². The molecule has 0 atom stereocenters. The second kappa shape index (κ2) is 32.6. The molecule has 8 heteroatoms. The predicted molar refractivity (Wildman–Crippen MR) is 571 cm³/mol. The molecule has 0 fully saturated rings. The van der Waals surface area contributed by atoms with Crippen LogP contribution in [0.1, 0.15) is 112 Å². The molecule has 138 heavy (non-hydrogen) atoms. The largest absolute Gasteiger partial charge is 0.455 e.